The molecule has 61 heavy (non-hydrogen) atoms. The van der Waals surface area contributed by atoms with Gasteiger partial charge in [0.25, 0.3) is 11.2 Å². The topological polar surface area (TPSA) is 168 Å². The van der Waals surface area contributed by atoms with Gasteiger partial charge in [0.1, 0.15) is 22.1 Å². The number of esters is 1. The Morgan fingerprint density at radius 3 is 1.41 bits per heavy atom. The van der Waals surface area contributed by atoms with Gasteiger partial charge in [0, 0.05) is 56.4 Å². The third-order valence-corrected chi connectivity index (χ3v) is 10.7. The van der Waals surface area contributed by atoms with E-state index in [0.717, 1.165) is 24.3 Å². The fourth-order valence-corrected chi connectivity index (χ4v) is 7.97. The number of rotatable bonds is 6. The van der Waals surface area contributed by atoms with E-state index in [-0.39, 0.29) is 81.4 Å². The maximum atomic E-state index is 14.2. The third kappa shape index (κ3) is 7.55. The molecule has 0 fully saturated rings. The summed E-state index contributed by atoms with van der Waals surface area (Å²) in [6.45, 7) is 0. The number of aromatic carboxylic acids is 1. The number of alkyl halides is 6. The van der Waals surface area contributed by atoms with Crippen LogP contribution < -0.4 is 0 Å². The van der Waals surface area contributed by atoms with E-state index in [1.165, 1.54) is 59.9 Å². The Kier molecular flexibility index (Phi) is 11.1. The molecule has 2 aromatic heterocycles. The highest BCUT2D eigenvalue weighted by molar-refractivity contribution is 6.35. The van der Waals surface area contributed by atoms with Crippen LogP contribution in [0.4, 0.5) is 26.3 Å². The lowest BCUT2D eigenvalue weighted by molar-refractivity contribution is -0.276. The van der Waals surface area contributed by atoms with E-state index >= 15 is 0 Å². The minimum atomic E-state index is -4.85. The number of carbonyl (C=O) groups is 2. The summed E-state index contributed by atoms with van der Waals surface area (Å²) in [5.41, 5.74) is -5.03. The smallest absolute Gasteiger partial charge is 0.435 e. The van der Waals surface area contributed by atoms with Crippen molar-refractivity contribution in [3.8, 4) is 0 Å². The minimum Gasteiger partial charge on any atom is -0.478 e. The van der Waals surface area contributed by atoms with Crippen LogP contribution in [0.2, 0.25) is 20.1 Å². The molecule has 1 N–H and O–H groups in total. The number of fused-ring (bicyclic) bond motifs is 2. The largest absolute Gasteiger partial charge is 0.478 e. The molecule has 0 amide bonds. The van der Waals surface area contributed by atoms with Gasteiger partial charge in [-0.3, -0.25) is 0 Å². The molecule has 24 heteroatoms. The summed E-state index contributed by atoms with van der Waals surface area (Å²) in [4.78, 5) is 33.6. The van der Waals surface area contributed by atoms with Crippen molar-refractivity contribution in [1.29, 1.82) is 0 Å². The van der Waals surface area contributed by atoms with Gasteiger partial charge in [-0.25, -0.2) is 19.0 Å². The quantitative estimate of drug-likeness (QED) is 0.126. The fraction of sp³-hybridized carbons (Fsp3) is 0.243. The van der Waals surface area contributed by atoms with Gasteiger partial charge in [0.2, 0.25) is 0 Å². The van der Waals surface area contributed by atoms with E-state index in [9.17, 15) is 41.0 Å². The molecular formula is C37H24Cl4F6N8O6. The standard InChI is InChI=1S/C19H13Cl2F3N4O3.C18H11Cl2F3N4O3/c1-28-16-13(17(29)30-2)4-3-12(15(16)25-27-28)14-8-18(31-26-14,19(22,23)24)9-5-10(20)7-11(21)6-9;1-27-15-12(16(28)29)3-2-11(14(15)24-26-27)13-7-17(30-25-13,18(21,22)23)8-4-9(19)6-10(20)5-8/h3-7H,8H2,1-2H3;2-6H,7H2,1H3,(H,28,29). The molecule has 0 aliphatic carbocycles. The number of carboxylic acids is 1. The third-order valence-electron chi connectivity index (χ3n) is 9.79. The van der Waals surface area contributed by atoms with Crippen LogP contribution in [0, 0.1) is 0 Å². The summed E-state index contributed by atoms with van der Waals surface area (Å²) < 4.78 is 92.4. The molecule has 318 valence electrons. The number of carbonyl (C=O) groups excluding carboxylic acids is 1. The molecule has 14 nitrogen and oxygen atoms in total. The number of nitrogens with zero attached hydrogens (tertiary/aromatic N) is 8. The molecule has 2 unspecified atom stereocenters. The number of carboxylic acid groups (broad SMARTS) is 1. The number of methoxy groups -OCH3 is 1. The Morgan fingerprint density at radius 1 is 0.672 bits per heavy atom. The number of benzene rings is 4. The number of halogens is 10. The van der Waals surface area contributed by atoms with Crippen LogP contribution in [-0.2, 0) is 39.7 Å². The van der Waals surface area contributed by atoms with Crippen molar-refractivity contribution in [2.45, 2.75) is 36.4 Å². The summed E-state index contributed by atoms with van der Waals surface area (Å²) in [6, 6.07) is 12.6. The summed E-state index contributed by atoms with van der Waals surface area (Å²) >= 11 is 23.7. The first kappa shape index (κ1) is 43.4. The second kappa shape index (κ2) is 15.6. The van der Waals surface area contributed by atoms with Crippen molar-refractivity contribution in [2.75, 3.05) is 7.11 Å². The Morgan fingerprint density at radius 2 is 1.05 bits per heavy atom. The van der Waals surface area contributed by atoms with E-state index in [2.05, 4.69) is 30.9 Å². The summed E-state index contributed by atoms with van der Waals surface area (Å²) in [7, 11) is 4.24. The Bertz CT molecular complexity index is 2810. The monoisotopic (exact) mass is 930 g/mol. The lowest BCUT2D eigenvalue weighted by atomic mass is 9.86. The fourth-order valence-electron chi connectivity index (χ4n) is 6.91. The molecule has 4 aromatic carbocycles. The SMILES string of the molecule is COC(=O)c1ccc(C2=NOC(c3cc(Cl)cc(Cl)c3)(C(F)(F)F)C2)c2nnn(C)c12.Cn1nnc2c(C3=NOC(c4cc(Cl)cc(Cl)c4)(C(F)(F)F)C3)ccc(C(=O)O)c21. The maximum absolute atomic E-state index is 14.2. The predicted molar refractivity (Wildman–Crippen MR) is 208 cm³/mol. The average Bonchev–Trinajstić information content (AvgIpc) is 3.99. The summed E-state index contributed by atoms with van der Waals surface area (Å²) in [5, 5.41) is 32.4. The van der Waals surface area contributed by atoms with Crippen LogP contribution in [0.3, 0.4) is 0 Å². The van der Waals surface area contributed by atoms with Gasteiger partial charge in [-0.05, 0) is 60.7 Å². The Labute approximate surface area is 358 Å². The normalized spacial score (nSPS) is 18.9. The molecule has 6 aromatic rings. The zero-order valence-corrected chi connectivity index (χ0v) is 34.1. The molecule has 2 atom stereocenters. The predicted octanol–water partition coefficient (Wildman–Crippen LogP) is 9.20. The molecule has 0 radical (unpaired) electrons. The summed E-state index contributed by atoms with van der Waals surface area (Å²) in [5.74, 6) is -1.86. The molecular weight excluding hydrogens is 908 g/mol. The molecule has 0 spiro atoms. The maximum Gasteiger partial charge on any atom is 0.435 e. The lowest BCUT2D eigenvalue weighted by Gasteiger charge is -2.29. The molecule has 0 saturated heterocycles. The van der Waals surface area contributed by atoms with Gasteiger partial charge in [0.15, 0.2) is 0 Å². The van der Waals surface area contributed by atoms with Crippen LogP contribution in [-0.4, -0.2) is 77.9 Å². The molecule has 2 aliphatic rings. The van der Waals surface area contributed by atoms with Gasteiger partial charge in [0.05, 0.1) is 42.5 Å². The molecule has 0 bridgehead atoms. The van der Waals surface area contributed by atoms with E-state index in [1.54, 1.807) is 7.05 Å². The zero-order chi connectivity index (χ0) is 44.4. The van der Waals surface area contributed by atoms with Crippen molar-refractivity contribution in [3.63, 3.8) is 0 Å². The lowest BCUT2D eigenvalue weighted by Crippen LogP contribution is -2.42. The van der Waals surface area contributed by atoms with E-state index in [0.29, 0.717) is 5.52 Å². The zero-order valence-electron chi connectivity index (χ0n) is 31.0. The van der Waals surface area contributed by atoms with Gasteiger partial charge >= 0.3 is 24.3 Å². The highest BCUT2D eigenvalue weighted by Gasteiger charge is 2.63. The van der Waals surface area contributed by atoms with Crippen molar-refractivity contribution < 1.29 is 55.5 Å². The highest BCUT2D eigenvalue weighted by Crippen LogP contribution is 2.51. The minimum absolute atomic E-state index is 0.0142. The van der Waals surface area contributed by atoms with Gasteiger partial charge in [-0.15, -0.1) is 10.2 Å². The first-order valence-corrected chi connectivity index (χ1v) is 18.7. The second-order valence-corrected chi connectivity index (χ2v) is 15.3. The first-order valence-electron chi connectivity index (χ1n) is 17.1. The van der Waals surface area contributed by atoms with E-state index in [4.69, 9.17) is 60.8 Å². The molecule has 4 heterocycles. The first-order chi connectivity index (χ1) is 28.6. The van der Waals surface area contributed by atoms with Crippen LogP contribution in [0.25, 0.3) is 22.1 Å². The Balaban J connectivity index is 0.000000184. The van der Waals surface area contributed by atoms with Crippen molar-refractivity contribution in [2.24, 2.45) is 24.4 Å². The number of hydrogen-bond donors (Lipinski definition) is 1. The van der Waals surface area contributed by atoms with Crippen molar-refractivity contribution >= 4 is 91.8 Å². The number of hydrogen-bond acceptors (Lipinski definition) is 11. The number of aryl methyl sites for hydroxylation is 2. The number of aromatic nitrogens is 6. The average molecular weight is 932 g/mol. The highest BCUT2D eigenvalue weighted by atomic mass is 35.5. The van der Waals surface area contributed by atoms with Crippen molar-refractivity contribution in [3.05, 3.63) is 114 Å². The number of ether oxygens (including phenoxy) is 1. The Hall–Kier alpha value is -5.70. The van der Waals surface area contributed by atoms with Crippen molar-refractivity contribution in [1.82, 2.24) is 30.0 Å². The van der Waals surface area contributed by atoms with Crippen LogP contribution in [0.1, 0.15) is 55.8 Å². The number of oxime groups is 2. The second-order valence-electron chi connectivity index (χ2n) is 13.5. The van der Waals surface area contributed by atoms with E-state index < -0.39 is 48.3 Å². The summed E-state index contributed by atoms with van der Waals surface area (Å²) in [6.07, 6.45) is -11.0. The molecule has 0 saturated carbocycles. The van der Waals surface area contributed by atoms with Gasteiger partial charge in [-0.2, -0.15) is 26.3 Å². The van der Waals surface area contributed by atoms with E-state index in [1.807, 2.05) is 0 Å². The molecule has 8 rings (SSSR count). The van der Waals surface area contributed by atoms with Crippen LogP contribution in [0.5, 0.6) is 0 Å². The molecule has 2 aliphatic heterocycles. The van der Waals surface area contributed by atoms with Gasteiger partial charge in [-0.1, -0.05) is 67.1 Å². The van der Waals surface area contributed by atoms with Crippen LogP contribution in [0.15, 0.2) is 71.0 Å². The van der Waals surface area contributed by atoms with Gasteiger partial charge < -0.3 is 19.5 Å². The van der Waals surface area contributed by atoms with Crippen LogP contribution >= 0.6 is 46.4 Å².